The minimum Gasteiger partial charge on any atom is -0.367 e. The molecule has 0 aliphatic rings. The van der Waals surface area contributed by atoms with E-state index >= 15 is 0 Å². The lowest BCUT2D eigenvalue weighted by molar-refractivity contribution is 0.436. The minimum atomic E-state index is -1.87. The van der Waals surface area contributed by atoms with Crippen molar-refractivity contribution in [1.29, 1.82) is 0 Å². The first-order valence-corrected chi connectivity index (χ1v) is 5.53. The van der Waals surface area contributed by atoms with Crippen molar-refractivity contribution in [2.24, 2.45) is 0 Å². The smallest absolute Gasteiger partial charge is 0.238 e. The molecule has 4 nitrogen and oxygen atoms in total. The number of aromatic nitrogens is 3. The van der Waals surface area contributed by atoms with Gasteiger partial charge in [-0.1, -0.05) is 0 Å². The fourth-order valence-corrected chi connectivity index (χ4v) is 1.94. The summed E-state index contributed by atoms with van der Waals surface area (Å²) in [5.74, 6) is -7.93. The molecular weight excluding hydrogens is 295 g/mol. The Bertz CT molecular complexity index is 874. The van der Waals surface area contributed by atoms with Crippen molar-refractivity contribution in [3.8, 4) is 11.3 Å². The molecule has 2 aromatic heterocycles. The van der Waals surface area contributed by atoms with Gasteiger partial charge >= 0.3 is 0 Å². The van der Waals surface area contributed by atoms with Gasteiger partial charge in [-0.3, -0.25) is 0 Å². The number of nitrogens with zero attached hydrogens (tertiary/aromatic N) is 3. The first-order chi connectivity index (χ1) is 9.90. The zero-order chi connectivity index (χ0) is 15.3. The van der Waals surface area contributed by atoms with Crippen molar-refractivity contribution in [2.45, 2.75) is 0 Å². The van der Waals surface area contributed by atoms with Crippen LogP contribution in [0.2, 0.25) is 0 Å². The van der Waals surface area contributed by atoms with E-state index in [0.717, 1.165) is 16.8 Å². The molecule has 9 heteroatoms. The van der Waals surface area contributed by atoms with Gasteiger partial charge in [0.05, 0.1) is 17.5 Å². The number of nitrogen functional groups attached to an aromatic ring is 1. The van der Waals surface area contributed by atoms with Gasteiger partial charge in [0.15, 0.2) is 23.3 Å². The van der Waals surface area contributed by atoms with E-state index in [1.807, 2.05) is 0 Å². The monoisotopic (exact) mass is 300 g/mol. The summed E-state index contributed by atoms with van der Waals surface area (Å²) in [6.45, 7) is 0. The van der Waals surface area contributed by atoms with Crippen LogP contribution >= 0.6 is 0 Å². The van der Waals surface area contributed by atoms with Crippen molar-refractivity contribution in [1.82, 2.24) is 14.6 Å². The van der Waals surface area contributed by atoms with Gasteiger partial charge < -0.3 is 5.73 Å². The maximum Gasteiger partial charge on any atom is 0.238 e. The van der Waals surface area contributed by atoms with E-state index in [1.165, 1.54) is 0 Å². The molecule has 2 heterocycles. The van der Waals surface area contributed by atoms with Gasteiger partial charge in [0.2, 0.25) is 5.95 Å². The molecule has 0 radical (unpaired) electrons. The van der Waals surface area contributed by atoms with E-state index in [4.69, 9.17) is 5.73 Å². The predicted octanol–water partition coefficient (Wildman–Crippen LogP) is 2.67. The van der Waals surface area contributed by atoms with Crippen LogP contribution in [0, 0.1) is 29.1 Å². The number of benzene rings is 1. The normalized spacial score (nSPS) is 11.3. The van der Waals surface area contributed by atoms with Crippen molar-refractivity contribution in [2.75, 3.05) is 5.73 Å². The van der Waals surface area contributed by atoms with Crippen molar-refractivity contribution >= 4 is 11.5 Å². The molecule has 0 spiro atoms. The molecule has 0 unspecified atom stereocenters. The third kappa shape index (κ3) is 1.89. The van der Waals surface area contributed by atoms with Gasteiger partial charge in [-0.2, -0.15) is 0 Å². The summed E-state index contributed by atoms with van der Waals surface area (Å²) < 4.78 is 68.2. The highest BCUT2D eigenvalue weighted by atomic mass is 19.2. The minimum absolute atomic E-state index is 0.162. The fraction of sp³-hybridized carbons (Fsp3) is 0. The third-order valence-electron chi connectivity index (χ3n) is 2.86. The summed E-state index contributed by atoms with van der Waals surface area (Å²) in [5, 5.41) is 3.60. The second kappa shape index (κ2) is 4.40. The molecule has 1 aromatic carbocycles. The average Bonchev–Trinajstić information content (AvgIpc) is 2.73. The van der Waals surface area contributed by atoms with Gasteiger partial charge in [-0.25, -0.2) is 31.5 Å². The summed E-state index contributed by atoms with van der Waals surface area (Å²) in [7, 11) is 0. The number of hydrogen-bond acceptors (Lipinski definition) is 3. The molecule has 0 saturated heterocycles. The summed E-state index contributed by atoms with van der Waals surface area (Å²) in [6.07, 6.45) is 0.997. The fourth-order valence-electron chi connectivity index (χ4n) is 1.94. The summed E-state index contributed by atoms with van der Waals surface area (Å²) >= 11 is 0. The first-order valence-electron chi connectivity index (χ1n) is 5.53. The van der Waals surface area contributed by atoms with E-state index in [-0.39, 0.29) is 17.5 Å². The van der Waals surface area contributed by atoms with Crippen LogP contribution in [-0.4, -0.2) is 14.6 Å². The molecule has 0 aliphatic heterocycles. The number of hydrogen-bond donors (Lipinski definition) is 1. The van der Waals surface area contributed by atoms with Gasteiger partial charge in [-0.15, -0.1) is 5.10 Å². The standard InChI is InChI=1S/C12H5F5N4/c13-4-2-7(21-8(4)3-19-12(18)20-21)9-5(14)1-6(15)10(16)11(9)17/h1-3H,(H2,18,20). The Morgan fingerprint density at radius 2 is 1.62 bits per heavy atom. The quantitative estimate of drug-likeness (QED) is 0.427. The highest BCUT2D eigenvalue weighted by Gasteiger charge is 2.24. The number of nitrogens with two attached hydrogens (primary N) is 1. The van der Waals surface area contributed by atoms with Crippen LogP contribution in [0.3, 0.4) is 0 Å². The highest BCUT2D eigenvalue weighted by molar-refractivity contribution is 5.68. The zero-order valence-corrected chi connectivity index (χ0v) is 10.0. The second-order valence-electron chi connectivity index (χ2n) is 4.13. The van der Waals surface area contributed by atoms with Crippen LogP contribution in [0.25, 0.3) is 16.8 Å². The molecule has 0 saturated carbocycles. The van der Waals surface area contributed by atoms with Crippen LogP contribution in [0.5, 0.6) is 0 Å². The molecular formula is C12H5F5N4. The van der Waals surface area contributed by atoms with Gasteiger partial charge in [0.25, 0.3) is 0 Å². The molecule has 3 aromatic rings. The number of anilines is 1. The van der Waals surface area contributed by atoms with Crippen LogP contribution < -0.4 is 5.73 Å². The lowest BCUT2D eigenvalue weighted by atomic mass is 10.1. The van der Waals surface area contributed by atoms with E-state index in [0.29, 0.717) is 0 Å². The Labute approximate surface area is 113 Å². The van der Waals surface area contributed by atoms with Gasteiger partial charge in [0, 0.05) is 12.1 Å². The Hall–Kier alpha value is -2.71. The maximum absolute atomic E-state index is 13.8. The van der Waals surface area contributed by atoms with Crippen molar-refractivity contribution in [3.05, 3.63) is 47.4 Å². The molecule has 21 heavy (non-hydrogen) atoms. The molecule has 0 atom stereocenters. The van der Waals surface area contributed by atoms with E-state index in [2.05, 4.69) is 10.1 Å². The summed E-state index contributed by atoms with van der Waals surface area (Å²) in [6, 6.07) is 0.887. The van der Waals surface area contributed by atoms with Crippen LogP contribution in [0.1, 0.15) is 0 Å². The number of rotatable bonds is 1. The molecule has 0 fully saturated rings. The Morgan fingerprint density at radius 1 is 0.905 bits per heavy atom. The molecule has 108 valence electrons. The second-order valence-corrected chi connectivity index (χ2v) is 4.13. The van der Waals surface area contributed by atoms with Crippen molar-refractivity contribution in [3.63, 3.8) is 0 Å². The Kier molecular flexibility index (Phi) is 2.78. The Balaban J connectivity index is 2.41. The predicted molar refractivity (Wildman–Crippen MR) is 62.6 cm³/mol. The molecule has 3 rings (SSSR count). The lowest BCUT2D eigenvalue weighted by Crippen LogP contribution is -2.05. The highest BCUT2D eigenvalue weighted by Crippen LogP contribution is 2.31. The van der Waals surface area contributed by atoms with Gasteiger partial charge in [0.1, 0.15) is 11.3 Å². The van der Waals surface area contributed by atoms with Crippen molar-refractivity contribution < 1.29 is 22.0 Å². The summed E-state index contributed by atoms with van der Waals surface area (Å²) in [5.41, 5.74) is 3.70. The van der Waals surface area contributed by atoms with Crippen LogP contribution in [0.15, 0.2) is 18.3 Å². The zero-order valence-electron chi connectivity index (χ0n) is 10.0. The summed E-state index contributed by atoms with van der Waals surface area (Å²) in [4.78, 5) is 3.54. The van der Waals surface area contributed by atoms with E-state index in [9.17, 15) is 22.0 Å². The molecule has 2 N–H and O–H groups in total. The molecule has 0 bridgehead atoms. The van der Waals surface area contributed by atoms with Crippen LogP contribution in [-0.2, 0) is 0 Å². The number of fused-ring (bicyclic) bond motifs is 1. The largest absolute Gasteiger partial charge is 0.367 e. The SMILES string of the molecule is Nc1ncc2c(F)cc(-c3c(F)cc(F)c(F)c3F)n2n1. The van der Waals surface area contributed by atoms with E-state index in [1.54, 1.807) is 0 Å². The van der Waals surface area contributed by atoms with Gasteiger partial charge in [-0.05, 0) is 0 Å². The maximum atomic E-state index is 13.8. The van der Waals surface area contributed by atoms with E-state index < -0.39 is 40.3 Å². The molecule has 0 amide bonds. The first kappa shape index (κ1) is 13.3. The molecule has 0 aliphatic carbocycles. The average molecular weight is 300 g/mol. The lowest BCUT2D eigenvalue weighted by Gasteiger charge is -2.06. The van der Waals surface area contributed by atoms with Crippen LogP contribution in [0.4, 0.5) is 27.9 Å². The topological polar surface area (TPSA) is 56.2 Å². The number of halogens is 5. The third-order valence-corrected chi connectivity index (χ3v) is 2.86. The Morgan fingerprint density at radius 3 is 2.33 bits per heavy atom.